The van der Waals surface area contributed by atoms with E-state index in [0.717, 1.165) is 30.1 Å². The Morgan fingerprint density at radius 2 is 2.22 bits per heavy atom. The van der Waals surface area contributed by atoms with Crippen molar-refractivity contribution >= 4 is 23.4 Å². The summed E-state index contributed by atoms with van der Waals surface area (Å²) in [6.07, 6.45) is 3.07. The molecule has 0 aromatic carbocycles. The quantitative estimate of drug-likeness (QED) is 0.759. The van der Waals surface area contributed by atoms with E-state index in [1.807, 2.05) is 6.07 Å². The highest BCUT2D eigenvalue weighted by molar-refractivity contribution is 7.98. The summed E-state index contributed by atoms with van der Waals surface area (Å²) in [6.45, 7) is 2.13. The van der Waals surface area contributed by atoms with Crippen molar-refractivity contribution in [1.82, 2.24) is 20.3 Å². The van der Waals surface area contributed by atoms with Gasteiger partial charge in [0.05, 0.1) is 5.75 Å². The smallest absolute Gasteiger partial charge is 0.237 e. The molecule has 2 aromatic rings. The molecule has 0 atom stereocenters. The molecule has 0 radical (unpaired) electrons. The lowest BCUT2D eigenvalue weighted by Gasteiger charge is -1.95. The zero-order valence-corrected chi connectivity index (χ0v) is 11.5. The minimum absolute atomic E-state index is 0.388. The average Bonchev–Trinajstić information content (AvgIpc) is 2.84. The molecule has 0 spiro atoms. The van der Waals surface area contributed by atoms with Crippen LogP contribution in [0.25, 0.3) is 0 Å². The number of rotatable bonds is 6. The lowest BCUT2D eigenvalue weighted by Crippen LogP contribution is -1.89. The molecule has 18 heavy (non-hydrogen) atoms. The molecule has 0 bridgehead atoms. The summed E-state index contributed by atoms with van der Waals surface area (Å²) in [5.74, 6) is 1.98. The molecule has 0 saturated heterocycles. The highest BCUT2D eigenvalue weighted by Crippen LogP contribution is 2.20. The maximum atomic E-state index is 5.66. The van der Waals surface area contributed by atoms with Gasteiger partial charge in [-0.25, -0.2) is 0 Å². The highest BCUT2D eigenvalue weighted by Gasteiger charge is 2.07. The Balaban J connectivity index is 1.86. The van der Waals surface area contributed by atoms with Crippen molar-refractivity contribution in [2.24, 2.45) is 0 Å². The predicted molar refractivity (Wildman–Crippen MR) is 69.5 cm³/mol. The minimum Gasteiger partial charge on any atom is -0.338 e. The molecule has 5 nitrogen and oxygen atoms in total. The molecule has 0 aliphatic carbocycles. The first-order valence-electron chi connectivity index (χ1n) is 5.71. The summed E-state index contributed by atoms with van der Waals surface area (Å²) in [4.78, 5) is 4.31. The zero-order valence-electron chi connectivity index (χ0n) is 9.97. The van der Waals surface area contributed by atoms with Gasteiger partial charge < -0.3 is 4.52 Å². The van der Waals surface area contributed by atoms with Crippen LogP contribution in [-0.2, 0) is 12.2 Å². The van der Waals surface area contributed by atoms with Crippen molar-refractivity contribution in [1.29, 1.82) is 0 Å². The summed E-state index contributed by atoms with van der Waals surface area (Å²) < 4.78 is 5.15. The van der Waals surface area contributed by atoms with Crippen LogP contribution in [-0.4, -0.2) is 20.3 Å². The number of hydrogen-bond acceptors (Lipinski definition) is 6. The van der Waals surface area contributed by atoms with Crippen molar-refractivity contribution in [2.45, 2.75) is 37.0 Å². The summed E-state index contributed by atoms with van der Waals surface area (Å²) >= 11 is 7.15. The van der Waals surface area contributed by atoms with E-state index in [1.54, 1.807) is 6.07 Å². The Morgan fingerprint density at radius 3 is 2.94 bits per heavy atom. The van der Waals surface area contributed by atoms with Gasteiger partial charge in [0.15, 0.2) is 11.0 Å². The van der Waals surface area contributed by atoms with Crippen LogP contribution in [0.3, 0.4) is 0 Å². The molecule has 96 valence electrons. The highest BCUT2D eigenvalue weighted by atomic mass is 35.5. The number of aromatic nitrogens is 4. The molecule has 2 rings (SSSR count). The Morgan fingerprint density at radius 1 is 1.33 bits per heavy atom. The third-order valence-corrected chi connectivity index (χ3v) is 3.32. The van der Waals surface area contributed by atoms with Crippen molar-refractivity contribution in [3.05, 3.63) is 29.0 Å². The van der Waals surface area contributed by atoms with Crippen LogP contribution in [0.5, 0.6) is 0 Å². The molecular formula is C11H13ClN4OS. The van der Waals surface area contributed by atoms with Crippen molar-refractivity contribution in [3.8, 4) is 0 Å². The van der Waals surface area contributed by atoms with Crippen LogP contribution < -0.4 is 0 Å². The second-order valence-electron chi connectivity index (χ2n) is 3.69. The van der Waals surface area contributed by atoms with Gasteiger partial charge in [0.1, 0.15) is 5.03 Å². The topological polar surface area (TPSA) is 64.7 Å². The normalized spacial score (nSPS) is 10.8. The van der Waals surface area contributed by atoms with E-state index in [2.05, 4.69) is 27.3 Å². The van der Waals surface area contributed by atoms with Gasteiger partial charge in [-0.2, -0.15) is 4.98 Å². The largest absolute Gasteiger partial charge is 0.338 e. The van der Waals surface area contributed by atoms with Gasteiger partial charge in [-0.1, -0.05) is 41.9 Å². The number of nitrogens with zero attached hydrogens (tertiary/aromatic N) is 4. The van der Waals surface area contributed by atoms with E-state index in [9.17, 15) is 0 Å². The predicted octanol–water partition coefficient (Wildman–Crippen LogP) is 3.15. The fourth-order valence-corrected chi connectivity index (χ4v) is 2.05. The average molecular weight is 285 g/mol. The number of aryl methyl sites for hydroxylation is 1. The Kier molecular flexibility index (Phi) is 4.95. The third kappa shape index (κ3) is 3.96. The van der Waals surface area contributed by atoms with Crippen molar-refractivity contribution in [3.63, 3.8) is 0 Å². The maximum absolute atomic E-state index is 5.66. The van der Waals surface area contributed by atoms with Gasteiger partial charge in [0.25, 0.3) is 0 Å². The second kappa shape index (κ2) is 6.70. The monoisotopic (exact) mass is 284 g/mol. The maximum Gasteiger partial charge on any atom is 0.237 e. The van der Waals surface area contributed by atoms with Crippen LogP contribution in [0.15, 0.2) is 21.7 Å². The Bertz CT molecular complexity index is 488. The van der Waals surface area contributed by atoms with E-state index < -0.39 is 0 Å². The fourth-order valence-electron chi connectivity index (χ4n) is 1.30. The van der Waals surface area contributed by atoms with Crippen LogP contribution in [0, 0.1) is 0 Å². The first kappa shape index (κ1) is 13.3. The molecule has 0 unspecified atom stereocenters. The molecule has 0 saturated carbocycles. The van der Waals surface area contributed by atoms with E-state index in [1.165, 1.54) is 11.8 Å². The fraction of sp³-hybridized carbons (Fsp3) is 0.455. The molecule has 0 aliphatic rings. The van der Waals surface area contributed by atoms with Gasteiger partial charge in [-0.15, -0.1) is 10.2 Å². The summed E-state index contributed by atoms with van der Waals surface area (Å²) in [7, 11) is 0. The summed E-state index contributed by atoms with van der Waals surface area (Å²) in [6, 6.07) is 3.52. The van der Waals surface area contributed by atoms with Crippen LogP contribution in [0.1, 0.15) is 31.5 Å². The van der Waals surface area contributed by atoms with Gasteiger partial charge in [0, 0.05) is 6.42 Å². The number of hydrogen-bond donors (Lipinski definition) is 0. The van der Waals surface area contributed by atoms with E-state index in [4.69, 9.17) is 16.1 Å². The van der Waals surface area contributed by atoms with Gasteiger partial charge in [-0.3, -0.25) is 0 Å². The SMILES string of the molecule is CCCCc1noc(CSc2ccc(Cl)nn2)n1. The first-order chi connectivity index (χ1) is 8.78. The molecule has 2 aromatic heterocycles. The number of halogens is 1. The molecule has 0 amide bonds. The summed E-state index contributed by atoms with van der Waals surface area (Å²) in [5, 5.41) is 12.8. The van der Waals surface area contributed by atoms with E-state index in [-0.39, 0.29) is 0 Å². The zero-order chi connectivity index (χ0) is 12.8. The van der Waals surface area contributed by atoms with E-state index >= 15 is 0 Å². The molecule has 0 aliphatic heterocycles. The third-order valence-electron chi connectivity index (χ3n) is 2.22. The lowest BCUT2D eigenvalue weighted by atomic mass is 10.2. The van der Waals surface area contributed by atoms with E-state index in [0.29, 0.717) is 16.8 Å². The van der Waals surface area contributed by atoms with Crippen molar-refractivity contribution in [2.75, 3.05) is 0 Å². The Labute approximate surface area is 114 Å². The molecule has 7 heteroatoms. The lowest BCUT2D eigenvalue weighted by molar-refractivity contribution is 0.384. The number of unbranched alkanes of at least 4 members (excludes halogenated alkanes) is 1. The number of thioether (sulfide) groups is 1. The molecule has 0 fully saturated rings. The standard InChI is InChI=1S/C11H13ClN4OS/c1-2-3-4-9-13-10(17-16-9)7-18-11-6-5-8(12)14-15-11/h5-6H,2-4,7H2,1H3. The van der Waals surface area contributed by atoms with Crippen LogP contribution in [0.4, 0.5) is 0 Å². The second-order valence-corrected chi connectivity index (χ2v) is 5.07. The molecular weight excluding hydrogens is 272 g/mol. The summed E-state index contributed by atoms with van der Waals surface area (Å²) in [5.41, 5.74) is 0. The first-order valence-corrected chi connectivity index (χ1v) is 7.07. The minimum atomic E-state index is 0.388. The van der Waals surface area contributed by atoms with Gasteiger partial charge >= 0.3 is 0 Å². The van der Waals surface area contributed by atoms with Gasteiger partial charge in [0.2, 0.25) is 5.89 Å². The molecule has 0 N–H and O–H groups in total. The van der Waals surface area contributed by atoms with Gasteiger partial charge in [-0.05, 0) is 18.6 Å². The molecule has 2 heterocycles. The van der Waals surface area contributed by atoms with Crippen LogP contribution in [0.2, 0.25) is 5.15 Å². The Hall–Kier alpha value is -1.14. The van der Waals surface area contributed by atoms with Crippen LogP contribution >= 0.6 is 23.4 Å². The van der Waals surface area contributed by atoms with Crippen molar-refractivity contribution < 1.29 is 4.52 Å².